The molecule has 0 amide bonds. The van der Waals surface area contributed by atoms with E-state index in [-0.39, 0.29) is 5.12 Å². The van der Waals surface area contributed by atoms with E-state index in [2.05, 4.69) is 4.40 Å². The SMILES string of the molecule is [CH]C1=NSC(=O)C1. The van der Waals surface area contributed by atoms with Crippen molar-refractivity contribution in [1.82, 2.24) is 0 Å². The molecule has 0 saturated heterocycles. The third-order valence-electron chi connectivity index (χ3n) is 0.590. The number of nitrogens with zero attached hydrogens (tertiary/aromatic N) is 1. The van der Waals surface area contributed by atoms with Gasteiger partial charge >= 0.3 is 0 Å². The maximum absolute atomic E-state index is 10.2. The van der Waals surface area contributed by atoms with Gasteiger partial charge in [0, 0.05) is 24.6 Å². The zero-order valence-corrected chi connectivity index (χ0v) is 4.36. The maximum Gasteiger partial charge on any atom is 0.216 e. The summed E-state index contributed by atoms with van der Waals surface area (Å²) >= 11 is 0.929. The van der Waals surface area contributed by atoms with Crippen LogP contribution in [0, 0.1) is 6.92 Å². The highest BCUT2D eigenvalue weighted by atomic mass is 32.2. The summed E-state index contributed by atoms with van der Waals surface area (Å²) in [7, 11) is 0. The summed E-state index contributed by atoms with van der Waals surface area (Å²) < 4.78 is 3.58. The van der Waals surface area contributed by atoms with Crippen molar-refractivity contribution >= 4 is 22.8 Å². The molecule has 3 heteroatoms. The van der Waals surface area contributed by atoms with E-state index in [1.807, 2.05) is 0 Å². The highest BCUT2D eigenvalue weighted by molar-refractivity contribution is 8.13. The minimum absolute atomic E-state index is 0.0394. The van der Waals surface area contributed by atoms with E-state index in [9.17, 15) is 4.79 Å². The second kappa shape index (κ2) is 1.66. The smallest absolute Gasteiger partial charge is 0.216 e. The molecule has 0 spiro atoms. The molecule has 0 aromatic heterocycles. The van der Waals surface area contributed by atoms with Crippen LogP contribution in [0.15, 0.2) is 4.40 Å². The van der Waals surface area contributed by atoms with Crippen molar-refractivity contribution in [2.75, 3.05) is 0 Å². The molecule has 0 aromatic carbocycles. The van der Waals surface area contributed by atoms with Crippen LogP contribution in [0.2, 0.25) is 0 Å². The van der Waals surface area contributed by atoms with E-state index < -0.39 is 0 Å². The van der Waals surface area contributed by atoms with E-state index in [0.29, 0.717) is 12.1 Å². The van der Waals surface area contributed by atoms with Crippen LogP contribution in [0.25, 0.3) is 0 Å². The van der Waals surface area contributed by atoms with Crippen molar-refractivity contribution in [1.29, 1.82) is 0 Å². The molecular weight excluding hydrogens is 110 g/mol. The maximum atomic E-state index is 10.2. The lowest BCUT2D eigenvalue weighted by Gasteiger charge is -1.74. The summed E-state index contributed by atoms with van der Waals surface area (Å²) in [6, 6.07) is 0. The van der Waals surface area contributed by atoms with Crippen molar-refractivity contribution < 1.29 is 4.79 Å². The van der Waals surface area contributed by atoms with Crippen LogP contribution in [0.3, 0.4) is 0 Å². The third kappa shape index (κ3) is 1.03. The van der Waals surface area contributed by atoms with E-state index in [0.717, 1.165) is 11.9 Å². The van der Waals surface area contributed by atoms with Crippen molar-refractivity contribution in [2.45, 2.75) is 6.42 Å². The topological polar surface area (TPSA) is 29.4 Å². The number of hydrogen-bond donors (Lipinski definition) is 0. The molecule has 0 saturated carbocycles. The van der Waals surface area contributed by atoms with E-state index in [1.54, 1.807) is 0 Å². The highest BCUT2D eigenvalue weighted by Gasteiger charge is 2.10. The van der Waals surface area contributed by atoms with Crippen molar-refractivity contribution in [3.8, 4) is 0 Å². The summed E-state index contributed by atoms with van der Waals surface area (Å²) in [6.45, 7) is 5.13. The first-order chi connectivity index (χ1) is 3.29. The third-order valence-corrected chi connectivity index (χ3v) is 1.26. The number of hydrogen-bond acceptors (Lipinski definition) is 3. The monoisotopic (exact) mass is 113 g/mol. The van der Waals surface area contributed by atoms with Gasteiger partial charge in [-0.05, 0) is 0 Å². The molecule has 0 fully saturated rings. The van der Waals surface area contributed by atoms with Gasteiger partial charge in [-0.25, -0.2) is 4.40 Å². The predicted octanol–water partition coefficient (Wildman–Crippen LogP) is 0.717. The molecule has 36 valence electrons. The highest BCUT2D eigenvalue weighted by Crippen LogP contribution is 2.15. The largest absolute Gasteiger partial charge is 0.285 e. The fraction of sp³-hybridized carbons (Fsp3) is 0.250. The van der Waals surface area contributed by atoms with Gasteiger partial charge in [-0.3, -0.25) is 4.79 Å². The van der Waals surface area contributed by atoms with Crippen LogP contribution in [-0.2, 0) is 4.79 Å². The molecule has 0 atom stereocenters. The lowest BCUT2D eigenvalue weighted by atomic mass is 10.3. The Balaban J connectivity index is 2.58. The minimum Gasteiger partial charge on any atom is -0.285 e. The zero-order valence-electron chi connectivity index (χ0n) is 3.55. The number of carbonyl (C=O) groups is 1. The van der Waals surface area contributed by atoms with Gasteiger partial charge in [-0.2, -0.15) is 0 Å². The molecule has 0 bridgehead atoms. The van der Waals surface area contributed by atoms with Crippen LogP contribution >= 0.6 is 11.9 Å². The molecule has 1 aliphatic heterocycles. The molecule has 2 radical (unpaired) electrons. The average Bonchev–Trinajstić information content (AvgIpc) is 1.87. The average molecular weight is 113 g/mol. The van der Waals surface area contributed by atoms with Crippen LogP contribution in [0.1, 0.15) is 6.42 Å². The van der Waals surface area contributed by atoms with Gasteiger partial charge in [0.25, 0.3) is 0 Å². The fourth-order valence-corrected chi connectivity index (χ4v) is 0.818. The van der Waals surface area contributed by atoms with Gasteiger partial charge in [-0.15, -0.1) is 0 Å². The van der Waals surface area contributed by atoms with Gasteiger partial charge in [0.2, 0.25) is 5.12 Å². The second-order valence-electron chi connectivity index (χ2n) is 1.22. The van der Waals surface area contributed by atoms with Crippen LogP contribution < -0.4 is 0 Å². The first-order valence-electron chi connectivity index (χ1n) is 1.81. The molecule has 2 nitrogen and oxygen atoms in total. The second-order valence-corrected chi connectivity index (χ2v) is 2.04. The van der Waals surface area contributed by atoms with Crippen molar-refractivity contribution in [2.24, 2.45) is 4.40 Å². The van der Waals surface area contributed by atoms with E-state index in [4.69, 9.17) is 6.92 Å². The summed E-state index contributed by atoms with van der Waals surface area (Å²) in [4.78, 5) is 10.2. The Morgan fingerprint density at radius 2 is 2.57 bits per heavy atom. The summed E-state index contributed by atoms with van der Waals surface area (Å²) in [5, 5.41) is 0.0394. The molecular formula is C4H3NOS. The van der Waals surface area contributed by atoms with Gasteiger partial charge in [0.05, 0.1) is 6.42 Å². The fourth-order valence-electron chi connectivity index (χ4n) is 0.322. The quantitative estimate of drug-likeness (QED) is 0.433. The first-order valence-corrected chi connectivity index (χ1v) is 2.58. The normalized spacial score (nSPS) is 20.1. The number of carbonyl (C=O) groups excluding carboxylic acids is 1. The van der Waals surface area contributed by atoms with E-state index in [1.165, 1.54) is 0 Å². The molecule has 1 rings (SSSR count). The summed E-state index contributed by atoms with van der Waals surface area (Å²) in [5.74, 6) is 0. The molecule has 1 aliphatic rings. The molecule has 0 aromatic rings. The Kier molecular flexibility index (Phi) is 1.15. The summed E-state index contributed by atoms with van der Waals surface area (Å²) in [6.07, 6.45) is 0.324. The van der Waals surface area contributed by atoms with Gasteiger partial charge in [0.15, 0.2) is 0 Å². The lowest BCUT2D eigenvalue weighted by Crippen LogP contribution is -1.89. The molecule has 1 heterocycles. The zero-order chi connectivity index (χ0) is 5.28. The Morgan fingerprint density at radius 3 is 2.71 bits per heavy atom. The Morgan fingerprint density at radius 1 is 1.86 bits per heavy atom. The van der Waals surface area contributed by atoms with Gasteiger partial charge in [-0.1, -0.05) is 0 Å². The minimum atomic E-state index is 0.0394. The van der Waals surface area contributed by atoms with Gasteiger partial charge in [0.1, 0.15) is 0 Å². The van der Waals surface area contributed by atoms with Crippen molar-refractivity contribution in [3.05, 3.63) is 6.92 Å². The standard InChI is InChI=1S/C4H3NOS/c1-3-2-4(6)7-5-3/h1H,2H2. The van der Waals surface area contributed by atoms with Crippen LogP contribution in [-0.4, -0.2) is 10.8 Å². The molecule has 0 N–H and O–H groups in total. The van der Waals surface area contributed by atoms with Crippen LogP contribution in [0.4, 0.5) is 0 Å². The predicted molar refractivity (Wildman–Crippen MR) is 28.9 cm³/mol. The molecule has 0 unspecified atom stereocenters. The molecule has 7 heavy (non-hydrogen) atoms. The first kappa shape index (κ1) is 4.84. The Labute approximate surface area is 46.1 Å². The number of rotatable bonds is 0. The van der Waals surface area contributed by atoms with Gasteiger partial charge < -0.3 is 0 Å². The summed E-state index contributed by atoms with van der Waals surface area (Å²) in [5.41, 5.74) is 0.440. The van der Waals surface area contributed by atoms with Crippen LogP contribution in [0.5, 0.6) is 0 Å². The lowest BCUT2D eigenvalue weighted by molar-refractivity contribution is -0.109. The van der Waals surface area contributed by atoms with Crippen molar-refractivity contribution in [3.63, 3.8) is 0 Å². The Hall–Kier alpha value is -0.310. The Bertz CT molecular complexity index is 130. The van der Waals surface area contributed by atoms with E-state index >= 15 is 0 Å². The molecule has 0 aliphatic carbocycles.